The number of carbonyl (C=O) groups is 1. The SMILES string of the molecule is CC[C@@H](C)c1nc2ccc(Br)cc2c(=O)n1N=Cc1ccccc1OCC(N)=O. The highest BCUT2D eigenvalue weighted by atomic mass is 79.9. The number of amides is 1. The van der Waals surface area contributed by atoms with E-state index in [1.54, 1.807) is 24.3 Å². The first-order valence-corrected chi connectivity index (χ1v) is 9.96. The van der Waals surface area contributed by atoms with Gasteiger partial charge in [-0.15, -0.1) is 0 Å². The Morgan fingerprint density at radius 1 is 1.34 bits per heavy atom. The molecule has 1 aromatic heterocycles. The van der Waals surface area contributed by atoms with Crippen molar-refractivity contribution < 1.29 is 9.53 Å². The van der Waals surface area contributed by atoms with Gasteiger partial charge in [0.1, 0.15) is 11.6 Å². The van der Waals surface area contributed by atoms with Crippen molar-refractivity contribution in [2.24, 2.45) is 10.8 Å². The molecule has 0 saturated carbocycles. The molecule has 0 fully saturated rings. The van der Waals surface area contributed by atoms with Crippen molar-refractivity contribution in [3.63, 3.8) is 0 Å². The average Bonchev–Trinajstić information content (AvgIpc) is 2.71. The zero-order valence-electron chi connectivity index (χ0n) is 16.1. The highest BCUT2D eigenvalue weighted by molar-refractivity contribution is 9.10. The Labute approximate surface area is 176 Å². The van der Waals surface area contributed by atoms with Gasteiger partial charge >= 0.3 is 0 Å². The second-order valence-corrected chi connectivity index (χ2v) is 7.51. The Hall–Kier alpha value is -3.00. The van der Waals surface area contributed by atoms with Gasteiger partial charge in [0.05, 0.1) is 17.1 Å². The largest absolute Gasteiger partial charge is 0.483 e. The molecule has 0 bridgehead atoms. The number of nitrogens with zero attached hydrogens (tertiary/aromatic N) is 3. The number of carbonyl (C=O) groups excluding carboxylic acids is 1. The molecule has 7 nitrogen and oxygen atoms in total. The number of fused-ring (bicyclic) bond motifs is 1. The van der Waals surface area contributed by atoms with Crippen LogP contribution in [0.2, 0.25) is 0 Å². The van der Waals surface area contributed by atoms with Crippen LogP contribution in [0.5, 0.6) is 5.75 Å². The van der Waals surface area contributed by atoms with E-state index < -0.39 is 5.91 Å². The van der Waals surface area contributed by atoms with Crippen LogP contribution in [0, 0.1) is 0 Å². The molecule has 0 spiro atoms. The van der Waals surface area contributed by atoms with Gasteiger partial charge in [-0.1, -0.05) is 41.9 Å². The van der Waals surface area contributed by atoms with Crippen molar-refractivity contribution in [2.75, 3.05) is 6.61 Å². The van der Waals surface area contributed by atoms with Crippen LogP contribution in [0.3, 0.4) is 0 Å². The summed E-state index contributed by atoms with van der Waals surface area (Å²) in [4.78, 5) is 28.8. The smallest absolute Gasteiger partial charge is 0.282 e. The second-order valence-electron chi connectivity index (χ2n) is 6.60. The fourth-order valence-electron chi connectivity index (χ4n) is 2.77. The molecule has 0 radical (unpaired) electrons. The average molecular weight is 457 g/mol. The number of para-hydroxylation sites is 1. The van der Waals surface area contributed by atoms with E-state index in [-0.39, 0.29) is 18.1 Å². The zero-order valence-corrected chi connectivity index (χ0v) is 17.7. The second kappa shape index (κ2) is 9.00. The third-order valence-corrected chi connectivity index (χ3v) is 4.98. The van der Waals surface area contributed by atoms with Gasteiger partial charge in [0.15, 0.2) is 6.61 Å². The van der Waals surface area contributed by atoms with E-state index in [2.05, 4.69) is 26.0 Å². The highest BCUT2D eigenvalue weighted by Gasteiger charge is 2.15. The van der Waals surface area contributed by atoms with E-state index in [1.807, 2.05) is 32.0 Å². The van der Waals surface area contributed by atoms with Crippen molar-refractivity contribution in [1.29, 1.82) is 0 Å². The number of rotatable bonds is 7. The number of ether oxygens (including phenoxy) is 1. The number of halogens is 1. The van der Waals surface area contributed by atoms with Crippen LogP contribution in [-0.2, 0) is 4.79 Å². The Morgan fingerprint density at radius 3 is 2.83 bits per heavy atom. The van der Waals surface area contributed by atoms with Crippen LogP contribution in [0.15, 0.2) is 56.8 Å². The summed E-state index contributed by atoms with van der Waals surface area (Å²) in [6.45, 7) is 3.79. The van der Waals surface area contributed by atoms with Gasteiger partial charge in [-0.3, -0.25) is 9.59 Å². The number of hydrogen-bond donors (Lipinski definition) is 1. The summed E-state index contributed by atoms with van der Waals surface area (Å²) in [6, 6.07) is 12.5. The monoisotopic (exact) mass is 456 g/mol. The molecule has 150 valence electrons. The van der Waals surface area contributed by atoms with Crippen molar-refractivity contribution in [2.45, 2.75) is 26.2 Å². The standard InChI is InChI=1S/C21H21BrN4O3/c1-3-13(2)20-25-17-9-8-15(22)10-16(17)21(28)26(20)24-11-14-6-4-5-7-18(14)29-12-19(23)27/h4-11,13H,3,12H2,1-2H3,(H2,23,27)/t13-/m1/s1. The van der Waals surface area contributed by atoms with E-state index in [1.165, 1.54) is 10.9 Å². The zero-order chi connectivity index (χ0) is 21.0. The molecule has 0 aliphatic rings. The molecule has 0 saturated heterocycles. The molecule has 0 aliphatic heterocycles. The summed E-state index contributed by atoms with van der Waals surface area (Å²) in [6.07, 6.45) is 2.33. The minimum atomic E-state index is -0.573. The minimum absolute atomic E-state index is 0.0363. The van der Waals surface area contributed by atoms with Gasteiger partial charge in [0.25, 0.3) is 11.5 Å². The van der Waals surface area contributed by atoms with E-state index >= 15 is 0 Å². The Bertz CT molecular complexity index is 1140. The summed E-state index contributed by atoms with van der Waals surface area (Å²) in [7, 11) is 0. The van der Waals surface area contributed by atoms with Gasteiger partial charge in [-0.25, -0.2) is 4.98 Å². The molecule has 0 unspecified atom stereocenters. The molecule has 2 N–H and O–H groups in total. The third-order valence-electron chi connectivity index (χ3n) is 4.49. The number of aromatic nitrogens is 2. The lowest BCUT2D eigenvalue weighted by molar-refractivity contribution is -0.119. The maximum atomic E-state index is 13.1. The van der Waals surface area contributed by atoms with Gasteiger partial charge in [-0.05, 0) is 36.8 Å². The maximum Gasteiger partial charge on any atom is 0.282 e. The fourth-order valence-corrected chi connectivity index (χ4v) is 3.13. The fraction of sp³-hybridized carbons (Fsp3) is 0.238. The molecule has 1 atom stereocenters. The first-order chi connectivity index (χ1) is 13.9. The summed E-state index contributed by atoms with van der Waals surface area (Å²) in [5, 5.41) is 4.89. The first-order valence-electron chi connectivity index (χ1n) is 9.17. The first kappa shape index (κ1) is 20.7. The van der Waals surface area contributed by atoms with E-state index in [4.69, 9.17) is 10.5 Å². The van der Waals surface area contributed by atoms with Crippen LogP contribution < -0.4 is 16.0 Å². The van der Waals surface area contributed by atoms with Crippen LogP contribution in [0.1, 0.15) is 37.6 Å². The van der Waals surface area contributed by atoms with Crippen molar-refractivity contribution in [3.8, 4) is 5.75 Å². The highest BCUT2D eigenvalue weighted by Crippen LogP contribution is 2.21. The summed E-state index contributed by atoms with van der Waals surface area (Å²) >= 11 is 3.40. The van der Waals surface area contributed by atoms with Crippen molar-refractivity contribution in [1.82, 2.24) is 9.66 Å². The summed E-state index contributed by atoms with van der Waals surface area (Å²) in [5.41, 5.74) is 6.15. The molecule has 1 heterocycles. The van der Waals surface area contributed by atoms with Crippen LogP contribution in [0.25, 0.3) is 10.9 Å². The number of nitrogens with two attached hydrogens (primary N) is 1. The molecular formula is C21H21BrN4O3. The minimum Gasteiger partial charge on any atom is -0.483 e. The topological polar surface area (TPSA) is 99.6 Å². The normalized spacial score (nSPS) is 12.4. The number of hydrogen-bond acceptors (Lipinski definition) is 5. The van der Waals surface area contributed by atoms with Crippen molar-refractivity contribution >= 4 is 39.0 Å². The Morgan fingerprint density at radius 2 is 2.10 bits per heavy atom. The maximum absolute atomic E-state index is 13.1. The lowest BCUT2D eigenvalue weighted by Gasteiger charge is -2.14. The predicted octanol–water partition coefficient (Wildman–Crippen LogP) is 3.42. The lowest BCUT2D eigenvalue weighted by Crippen LogP contribution is -2.24. The molecule has 3 rings (SSSR count). The van der Waals surface area contributed by atoms with Gasteiger partial charge < -0.3 is 10.5 Å². The number of primary amides is 1. The predicted molar refractivity (Wildman–Crippen MR) is 117 cm³/mol. The summed E-state index contributed by atoms with van der Waals surface area (Å²) < 4.78 is 7.55. The quantitative estimate of drug-likeness (QED) is 0.550. The Kier molecular flexibility index (Phi) is 6.43. The third kappa shape index (κ3) is 4.71. The molecule has 2 aromatic carbocycles. The van der Waals surface area contributed by atoms with Gasteiger partial charge in [-0.2, -0.15) is 9.78 Å². The van der Waals surface area contributed by atoms with Crippen LogP contribution in [-0.4, -0.2) is 28.4 Å². The molecular weight excluding hydrogens is 436 g/mol. The van der Waals surface area contributed by atoms with Crippen LogP contribution >= 0.6 is 15.9 Å². The van der Waals surface area contributed by atoms with Crippen LogP contribution in [0.4, 0.5) is 0 Å². The molecule has 8 heteroatoms. The van der Waals surface area contributed by atoms with E-state index in [0.717, 1.165) is 10.9 Å². The van der Waals surface area contributed by atoms with Crippen molar-refractivity contribution in [3.05, 3.63) is 68.7 Å². The van der Waals surface area contributed by atoms with Gasteiger partial charge in [0.2, 0.25) is 0 Å². The van der Waals surface area contributed by atoms with Gasteiger partial charge in [0, 0.05) is 16.0 Å². The van der Waals surface area contributed by atoms with E-state index in [0.29, 0.717) is 28.0 Å². The lowest BCUT2D eigenvalue weighted by atomic mass is 10.1. The Balaban J connectivity index is 2.11. The number of benzene rings is 2. The molecule has 3 aromatic rings. The molecule has 0 aliphatic carbocycles. The molecule has 29 heavy (non-hydrogen) atoms. The summed E-state index contributed by atoms with van der Waals surface area (Å²) in [5.74, 6) is 0.495. The molecule has 1 amide bonds. The van der Waals surface area contributed by atoms with E-state index in [9.17, 15) is 9.59 Å².